The number of benzene rings is 1. The van der Waals surface area contributed by atoms with Gasteiger partial charge in [-0.1, -0.05) is 25.1 Å². The number of nitrogens with one attached hydrogen (secondary N) is 2. The predicted octanol–water partition coefficient (Wildman–Crippen LogP) is 2.54. The quantitative estimate of drug-likeness (QED) is 0.721. The number of carbonyl (C=O) groups excluding carboxylic acids is 1. The second-order valence-corrected chi connectivity index (χ2v) is 4.51. The molecule has 0 saturated carbocycles. The number of anilines is 2. The minimum atomic E-state index is -0.103. The first-order chi connectivity index (χ1) is 10.3. The van der Waals surface area contributed by atoms with Crippen molar-refractivity contribution in [2.24, 2.45) is 0 Å². The van der Waals surface area contributed by atoms with E-state index in [-0.39, 0.29) is 5.91 Å². The number of rotatable bonds is 4. The van der Waals surface area contributed by atoms with Crippen LogP contribution in [0.3, 0.4) is 0 Å². The molecular weight excluding hydrogens is 266 g/mol. The number of hydrogen-bond donors (Lipinski definition) is 2. The van der Waals surface area contributed by atoms with Gasteiger partial charge in [-0.25, -0.2) is 9.99 Å². The number of aromatic nitrogens is 3. The van der Waals surface area contributed by atoms with E-state index in [1.807, 2.05) is 36.4 Å². The fourth-order valence-electron chi connectivity index (χ4n) is 1.95. The SMILES string of the molecule is CCC(=O)NN(c1ccccc1)c1ncc2cc[nH]c2n1. The van der Waals surface area contributed by atoms with Crippen molar-refractivity contribution in [1.82, 2.24) is 20.4 Å². The van der Waals surface area contributed by atoms with Crippen LogP contribution in [0.5, 0.6) is 0 Å². The molecule has 2 heterocycles. The third-order valence-electron chi connectivity index (χ3n) is 3.06. The molecule has 0 aliphatic rings. The lowest BCUT2D eigenvalue weighted by Crippen LogP contribution is -2.39. The largest absolute Gasteiger partial charge is 0.346 e. The number of amides is 1. The molecule has 106 valence electrons. The van der Waals surface area contributed by atoms with Gasteiger partial charge in [0.1, 0.15) is 5.65 Å². The fraction of sp³-hybridized carbons (Fsp3) is 0.133. The van der Waals surface area contributed by atoms with Crippen LogP contribution in [0.25, 0.3) is 11.0 Å². The molecule has 0 aliphatic carbocycles. The van der Waals surface area contributed by atoms with Gasteiger partial charge in [-0.3, -0.25) is 10.2 Å². The molecule has 6 nitrogen and oxygen atoms in total. The first-order valence-electron chi connectivity index (χ1n) is 6.72. The molecule has 0 aliphatic heterocycles. The fourth-order valence-corrected chi connectivity index (χ4v) is 1.95. The Balaban J connectivity index is 2.03. The number of hydrogen-bond acceptors (Lipinski definition) is 4. The van der Waals surface area contributed by atoms with E-state index >= 15 is 0 Å². The van der Waals surface area contributed by atoms with Crippen LogP contribution in [0.1, 0.15) is 13.3 Å². The van der Waals surface area contributed by atoms with E-state index in [0.717, 1.165) is 16.7 Å². The molecule has 0 spiro atoms. The van der Waals surface area contributed by atoms with Gasteiger partial charge in [0.05, 0.1) is 5.69 Å². The zero-order valence-corrected chi connectivity index (χ0v) is 11.6. The van der Waals surface area contributed by atoms with Gasteiger partial charge in [0.25, 0.3) is 5.95 Å². The number of nitrogens with zero attached hydrogens (tertiary/aromatic N) is 3. The van der Waals surface area contributed by atoms with Crippen molar-refractivity contribution < 1.29 is 4.79 Å². The normalized spacial score (nSPS) is 10.5. The van der Waals surface area contributed by atoms with Gasteiger partial charge in [0, 0.05) is 24.2 Å². The zero-order valence-electron chi connectivity index (χ0n) is 11.6. The minimum Gasteiger partial charge on any atom is -0.346 e. The van der Waals surface area contributed by atoms with Gasteiger partial charge >= 0.3 is 0 Å². The van der Waals surface area contributed by atoms with Crippen LogP contribution in [-0.4, -0.2) is 20.9 Å². The van der Waals surface area contributed by atoms with Gasteiger partial charge in [0.2, 0.25) is 5.91 Å². The summed E-state index contributed by atoms with van der Waals surface area (Å²) in [6.07, 6.45) is 3.91. The molecule has 0 radical (unpaired) electrons. The van der Waals surface area contributed by atoms with Crippen LogP contribution in [0.15, 0.2) is 48.8 Å². The molecule has 0 atom stereocenters. The molecule has 21 heavy (non-hydrogen) atoms. The van der Waals surface area contributed by atoms with Gasteiger partial charge in [-0.05, 0) is 18.2 Å². The van der Waals surface area contributed by atoms with Gasteiger partial charge in [-0.15, -0.1) is 0 Å². The summed E-state index contributed by atoms with van der Waals surface area (Å²) >= 11 is 0. The van der Waals surface area contributed by atoms with Gasteiger partial charge < -0.3 is 4.98 Å². The van der Waals surface area contributed by atoms with Crippen LogP contribution >= 0.6 is 0 Å². The van der Waals surface area contributed by atoms with Crippen molar-refractivity contribution in [2.45, 2.75) is 13.3 Å². The lowest BCUT2D eigenvalue weighted by Gasteiger charge is -2.22. The highest BCUT2D eigenvalue weighted by molar-refractivity contribution is 5.80. The number of H-pyrrole nitrogens is 1. The molecule has 1 amide bonds. The van der Waals surface area contributed by atoms with Gasteiger partial charge in [-0.2, -0.15) is 4.98 Å². The number of aromatic amines is 1. The molecule has 2 aromatic heterocycles. The molecule has 0 unspecified atom stereocenters. The Bertz CT molecular complexity index is 753. The van der Waals surface area contributed by atoms with Crippen LogP contribution in [-0.2, 0) is 4.79 Å². The molecule has 0 fully saturated rings. The summed E-state index contributed by atoms with van der Waals surface area (Å²) in [6, 6.07) is 11.4. The highest BCUT2D eigenvalue weighted by Crippen LogP contribution is 2.21. The summed E-state index contributed by atoms with van der Waals surface area (Å²) in [5, 5.41) is 2.51. The Kier molecular flexibility index (Phi) is 3.51. The van der Waals surface area contributed by atoms with Crippen LogP contribution in [0.2, 0.25) is 0 Å². The molecular formula is C15H15N5O. The van der Waals surface area contributed by atoms with Gasteiger partial charge in [0.15, 0.2) is 0 Å². The second-order valence-electron chi connectivity index (χ2n) is 4.51. The third-order valence-corrected chi connectivity index (χ3v) is 3.06. The summed E-state index contributed by atoms with van der Waals surface area (Å²) in [4.78, 5) is 23.6. The third kappa shape index (κ3) is 2.69. The number of hydrazine groups is 1. The number of fused-ring (bicyclic) bond motifs is 1. The molecule has 3 rings (SSSR count). The van der Waals surface area contributed by atoms with Crippen LogP contribution in [0.4, 0.5) is 11.6 Å². The summed E-state index contributed by atoms with van der Waals surface area (Å²) < 4.78 is 0. The first-order valence-corrected chi connectivity index (χ1v) is 6.72. The van der Waals surface area contributed by atoms with Crippen molar-refractivity contribution in [2.75, 3.05) is 5.01 Å². The Morgan fingerprint density at radius 1 is 1.29 bits per heavy atom. The van der Waals surface area contributed by atoms with Crippen LogP contribution in [0, 0.1) is 0 Å². The maximum atomic E-state index is 11.8. The average molecular weight is 281 g/mol. The van der Waals surface area contributed by atoms with Crippen molar-refractivity contribution in [3.63, 3.8) is 0 Å². The molecule has 1 aromatic carbocycles. The van der Waals surface area contributed by atoms with Crippen molar-refractivity contribution in [3.8, 4) is 0 Å². The Labute approximate surface area is 121 Å². The van der Waals surface area contributed by atoms with Crippen LogP contribution < -0.4 is 10.4 Å². The van der Waals surface area contributed by atoms with E-state index in [1.165, 1.54) is 0 Å². The average Bonchev–Trinajstić information content (AvgIpc) is 3.00. The van der Waals surface area contributed by atoms with E-state index in [9.17, 15) is 4.79 Å². The van der Waals surface area contributed by atoms with E-state index in [0.29, 0.717) is 12.4 Å². The van der Waals surface area contributed by atoms with E-state index < -0.39 is 0 Å². The number of carbonyl (C=O) groups is 1. The molecule has 3 aromatic rings. The van der Waals surface area contributed by atoms with E-state index in [1.54, 1.807) is 24.3 Å². The highest BCUT2D eigenvalue weighted by Gasteiger charge is 2.15. The molecule has 2 N–H and O–H groups in total. The summed E-state index contributed by atoms with van der Waals surface area (Å²) in [5.74, 6) is 0.312. The first kappa shape index (κ1) is 13.1. The Morgan fingerprint density at radius 2 is 2.10 bits per heavy atom. The smallest absolute Gasteiger partial charge is 0.251 e. The second kappa shape index (κ2) is 5.62. The lowest BCUT2D eigenvalue weighted by atomic mass is 10.3. The van der Waals surface area contributed by atoms with Crippen molar-refractivity contribution in [1.29, 1.82) is 0 Å². The van der Waals surface area contributed by atoms with E-state index in [4.69, 9.17) is 0 Å². The topological polar surface area (TPSA) is 73.9 Å². The predicted molar refractivity (Wildman–Crippen MR) is 80.9 cm³/mol. The summed E-state index contributed by atoms with van der Waals surface area (Å²) in [7, 11) is 0. The zero-order chi connectivity index (χ0) is 14.7. The summed E-state index contributed by atoms with van der Waals surface area (Å²) in [6.45, 7) is 1.80. The molecule has 0 saturated heterocycles. The molecule has 6 heteroatoms. The summed E-state index contributed by atoms with van der Waals surface area (Å²) in [5.41, 5.74) is 4.34. The Hall–Kier alpha value is -2.89. The maximum absolute atomic E-state index is 11.8. The maximum Gasteiger partial charge on any atom is 0.251 e. The van der Waals surface area contributed by atoms with Crippen molar-refractivity contribution in [3.05, 3.63) is 48.8 Å². The standard InChI is InChI=1S/C15H15N5O/c1-2-13(21)19-20(12-6-4-3-5-7-12)15-17-10-11-8-9-16-14(11)18-15/h3-10H,2H2,1H3,(H,19,21)(H,16,17,18). The lowest BCUT2D eigenvalue weighted by molar-refractivity contribution is -0.120. The minimum absolute atomic E-state index is 0.103. The van der Waals surface area contributed by atoms with Crippen molar-refractivity contribution >= 4 is 28.6 Å². The highest BCUT2D eigenvalue weighted by atomic mass is 16.2. The molecule has 0 bridgehead atoms. The number of para-hydroxylation sites is 1. The Morgan fingerprint density at radius 3 is 2.86 bits per heavy atom. The van der Waals surface area contributed by atoms with E-state index in [2.05, 4.69) is 20.4 Å². The monoisotopic (exact) mass is 281 g/mol.